The third-order valence-corrected chi connectivity index (χ3v) is 2.38. The first-order chi connectivity index (χ1) is 7.33. The number of hydrogen-bond donors (Lipinski definition) is 1. The van der Waals surface area contributed by atoms with Crippen molar-refractivity contribution in [3.8, 4) is 5.69 Å². The second kappa shape index (κ2) is 4.23. The van der Waals surface area contributed by atoms with E-state index in [2.05, 4.69) is 10.2 Å². The van der Waals surface area contributed by atoms with Gasteiger partial charge in [0.1, 0.15) is 6.33 Å². The van der Waals surface area contributed by atoms with Gasteiger partial charge in [0.15, 0.2) is 5.82 Å². The highest BCUT2D eigenvalue weighted by Gasteiger charge is 2.12. The molecule has 15 heavy (non-hydrogen) atoms. The summed E-state index contributed by atoms with van der Waals surface area (Å²) in [6, 6.07) is 9.90. The SMILES string of the molecule is CC[C@@H](N)c1nncn1-c1ccccc1. The average molecular weight is 202 g/mol. The maximum Gasteiger partial charge on any atom is 0.154 e. The summed E-state index contributed by atoms with van der Waals surface area (Å²) in [5.41, 5.74) is 7.00. The van der Waals surface area contributed by atoms with Gasteiger partial charge in [-0.3, -0.25) is 4.57 Å². The highest BCUT2D eigenvalue weighted by Crippen LogP contribution is 2.15. The molecule has 2 rings (SSSR count). The van der Waals surface area contributed by atoms with Crippen molar-refractivity contribution in [2.45, 2.75) is 19.4 Å². The Hall–Kier alpha value is -1.68. The first-order valence-electron chi connectivity index (χ1n) is 5.04. The van der Waals surface area contributed by atoms with Crippen LogP contribution in [0.2, 0.25) is 0 Å². The number of para-hydroxylation sites is 1. The van der Waals surface area contributed by atoms with Crippen LogP contribution in [0.25, 0.3) is 5.69 Å². The summed E-state index contributed by atoms with van der Waals surface area (Å²) in [5.74, 6) is 0.809. The second-order valence-corrected chi connectivity index (χ2v) is 3.41. The molecule has 2 aromatic rings. The van der Waals surface area contributed by atoms with Crippen LogP contribution in [0.15, 0.2) is 36.7 Å². The fourth-order valence-electron chi connectivity index (χ4n) is 1.47. The summed E-state index contributed by atoms with van der Waals surface area (Å²) < 4.78 is 1.92. The molecule has 0 radical (unpaired) electrons. The van der Waals surface area contributed by atoms with Gasteiger partial charge in [-0.15, -0.1) is 10.2 Å². The Bertz CT molecular complexity index is 421. The molecule has 1 atom stereocenters. The van der Waals surface area contributed by atoms with Gasteiger partial charge in [0.25, 0.3) is 0 Å². The van der Waals surface area contributed by atoms with Crippen LogP contribution >= 0.6 is 0 Å². The van der Waals surface area contributed by atoms with E-state index in [1.165, 1.54) is 0 Å². The lowest BCUT2D eigenvalue weighted by atomic mass is 10.2. The van der Waals surface area contributed by atoms with Crippen LogP contribution < -0.4 is 5.73 Å². The molecular weight excluding hydrogens is 188 g/mol. The molecule has 0 unspecified atom stereocenters. The fourth-order valence-corrected chi connectivity index (χ4v) is 1.47. The quantitative estimate of drug-likeness (QED) is 0.823. The zero-order chi connectivity index (χ0) is 10.7. The highest BCUT2D eigenvalue weighted by molar-refractivity contribution is 5.32. The smallest absolute Gasteiger partial charge is 0.154 e. The van der Waals surface area contributed by atoms with E-state index in [0.29, 0.717) is 0 Å². The summed E-state index contributed by atoms with van der Waals surface area (Å²) in [6.07, 6.45) is 2.55. The van der Waals surface area contributed by atoms with Crippen molar-refractivity contribution in [1.82, 2.24) is 14.8 Å². The monoisotopic (exact) mass is 202 g/mol. The number of aromatic nitrogens is 3. The Morgan fingerprint density at radius 3 is 2.73 bits per heavy atom. The van der Waals surface area contributed by atoms with Crippen molar-refractivity contribution < 1.29 is 0 Å². The van der Waals surface area contributed by atoms with Gasteiger partial charge >= 0.3 is 0 Å². The van der Waals surface area contributed by atoms with E-state index in [1.807, 2.05) is 41.8 Å². The Balaban J connectivity index is 2.41. The van der Waals surface area contributed by atoms with Gasteiger partial charge in [0.2, 0.25) is 0 Å². The Morgan fingerprint density at radius 1 is 1.33 bits per heavy atom. The number of nitrogens with two attached hydrogens (primary N) is 1. The third-order valence-electron chi connectivity index (χ3n) is 2.38. The molecule has 4 nitrogen and oxygen atoms in total. The highest BCUT2D eigenvalue weighted by atomic mass is 15.3. The molecule has 0 spiro atoms. The maximum atomic E-state index is 5.95. The second-order valence-electron chi connectivity index (χ2n) is 3.41. The van der Waals surface area contributed by atoms with Crippen molar-refractivity contribution in [2.75, 3.05) is 0 Å². The lowest BCUT2D eigenvalue weighted by molar-refractivity contribution is 0.633. The Morgan fingerprint density at radius 2 is 2.07 bits per heavy atom. The standard InChI is InChI=1S/C11H14N4/c1-2-10(12)11-14-13-8-15(11)9-6-4-3-5-7-9/h3-8,10H,2,12H2,1H3/t10-/m1/s1. The van der Waals surface area contributed by atoms with Gasteiger partial charge in [-0.1, -0.05) is 25.1 Å². The molecule has 1 aromatic carbocycles. The molecule has 78 valence electrons. The molecule has 0 aliphatic rings. The minimum Gasteiger partial charge on any atom is -0.321 e. The molecule has 0 bridgehead atoms. The molecule has 0 aliphatic heterocycles. The van der Waals surface area contributed by atoms with Gasteiger partial charge in [-0.2, -0.15) is 0 Å². The molecule has 0 fully saturated rings. The van der Waals surface area contributed by atoms with E-state index in [4.69, 9.17) is 5.73 Å². The van der Waals surface area contributed by atoms with Crippen molar-refractivity contribution in [3.63, 3.8) is 0 Å². The van der Waals surface area contributed by atoms with Crippen molar-refractivity contribution in [2.24, 2.45) is 5.73 Å². The summed E-state index contributed by atoms with van der Waals surface area (Å²) in [7, 11) is 0. The summed E-state index contributed by atoms with van der Waals surface area (Å²) in [6.45, 7) is 2.04. The van der Waals surface area contributed by atoms with Gasteiger partial charge in [0.05, 0.1) is 6.04 Å². The molecule has 2 N–H and O–H groups in total. The number of rotatable bonds is 3. The van der Waals surface area contributed by atoms with E-state index < -0.39 is 0 Å². The molecule has 0 saturated heterocycles. The molecular formula is C11H14N4. The van der Waals surface area contributed by atoms with Gasteiger partial charge in [0, 0.05) is 5.69 Å². The lowest BCUT2D eigenvalue weighted by Gasteiger charge is -2.10. The van der Waals surface area contributed by atoms with Crippen LogP contribution in [-0.2, 0) is 0 Å². The van der Waals surface area contributed by atoms with Gasteiger partial charge in [-0.25, -0.2) is 0 Å². The Kier molecular flexibility index (Phi) is 2.78. The van der Waals surface area contributed by atoms with Gasteiger partial charge in [-0.05, 0) is 18.6 Å². The van der Waals surface area contributed by atoms with Crippen molar-refractivity contribution in [1.29, 1.82) is 0 Å². The molecule has 0 amide bonds. The topological polar surface area (TPSA) is 56.7 Å². The maximum absolute atomic E-state index is 5.95. The first kappa shape index (κ1) is 9.86. The number of hydrogen-bond acceptors (Lipinski definition) is 3. The molecule has 0 aliphatic carbocycles. The largest absolute Gasteiger partial charge is 0.321 e. The molecule has 4 heteroatoms. The average Bonchev–Trinajstić information content (AvgIpc) is 2.78. The predicted octanol–water partition coefficient (Wildman–Crippen LogP) is 1.68. The summed E-state index contributed by atoms with van der Waals surface area (Å²) in [5, 5.41) is 7.95. The number of benzene rings is 1. The Labute approximate surface area is 88.8 Å². The summed E-state index contributed by atoms with van der Waals surface area (Å²) >= 11 is 0. The third kappa shape index (κ3) is 1.89. The normalized spacial score (nSPS) is 12.7. The fraction of sp³-hybridized carbons (Fsp3) is 0.273. The van der Waals surface area contributed by atoms with Crippen molar-refractivity contribution in [3.05, 3.63) is 42.5 Å². The van der Waals surface area contributed by atoms with Crippen LogP contribution in [-0.4, -0.2) is 14.8 Å². The van der Waals surface area contributed by atoms with Crippen molar-refractivity contribution >= 4 is 0 Å². The lowest BCUT2D eigenvalue weighted by Crippen LogP contribution is -2.14. The van der Waals surface area contributed by atoms with Crippen LogP contribution in [0.4, 0.5) is 0 Å². The molecule has 1 aromatic heterocycles. The molecule has 0 saturated carbocycles. The minimum atomic E-state index is -0.0623. The zero-order valence-electron chi connectivity index (χ0n) is 8.67. The van der Waals surface area contributed by atoms with E-state index in [-0.39, 0.29) is 6.04 Å². The van der Waals surface area contributed by atoms with Crippen LogP contribution in [0.3, 0.4) is 0 Å². The van der Waals surface area contributed by atoms with Gasteiger partial charge < -0.3 is 5.73 Å². The van der Waals surface area contributed by atoms with E-state index in [0.717, 1.165) is 17.9 Å². The van der Waals surface area contributed by atoms with Crippen LogP contribution in [0, 0.1) is 0 Å². The molecule has 1 heterocycles. The van der Waals surface area contributed by atoms with E-state index in [1.54, 1.807) is 6.33 Å². The number of nitrogens with zero attached hydrogens (tertiary/aromatic N) is 3. The first-order valence-corrected chi connectivity index (χ1v) is 5.04. The van der Waals surface area contributed by atoms with E-state index in [9.17, 15) is 0 Å². The summed E-state index contributed by atoms with van der Waals surface area (Å²) in [4.78, 5) is 0. The van der Waals surface area contributed by atoms with E-state index >= 15 is 0 Å². The zero-order valence-corrected chi connectivity index (χ0v) is 8.67. The van der Waals surface area contributed by atoms with Crippen LogP contribution in [0.1, 0.15) is 25.2 Å². The minimum absolute atomic E-state index is 0.0623. The predicted molar refractivity (Wildman–Crippen MR) is 58.6 cm³/mol. The van der Waals surface area contributed by atoms with Crippen LogP contribution in [0.5, 0.6) is 0 Å².